The van der Waals surface area contributed by atoms with Crippen LogP contribution in [0.5, 0.6) is 0 Å². The molecule has 0 saturated heterocycles. The Morgan fingerprint density at radius 1 is 1.38 bits per heavy atom. The summed E-state index contributed by atoms with van der Waals surface area (Å²) in [4.78, 5) is 24.0. The van der Waals surface area contributed by atoms with Gasteiger partial charge in [-0.15, -0.1) is 0 Å². The number of aromatic nitrogens is 1. The van der Waals surface area contributed by atoms with E-state index in [0.717, 1.165) is 12.5 Å². The molecule has 112 valence electrons. The van der Waals surface area contributed by atoms with Crippen molar-refractivity contribution >= 4 is 22.5 Å². The maximum absolute atomic E-state index is 13.8. The smallest absolute Gasteiger partial charge is 0.270 e. The molecule has 8 heteroatoms. The molecule has 2 rings (SSSR count). The van der Waals surface area contributed by atoms with E-state index in [9.17, 15) is 14.0 Å². The third-order valence-corrected chi connectivity index (χ3v) is 3.16. The van der Waals surface area contributed by atoms with Gasteiger partial charge in [0.15, 0.2) is 0 Å². The molecule has 1 amide bonds. The van der Waals surface area contributed by atoms with Crippen molar-refractivity contribution < 1.29 is 9.18 Å². The van der Waals surface area contributed by atoms with Crippen LogP contribution < -0.4 is 28.0 Å². The minimum atomic E-state index is -0.715. The van der Waals surface area contributed by atoms with Gasteiger partial charge < -0.3 is 9.99 Å². The SMILES string of the molecule is CCCn1cc(C(=O)NN)c(=O)c2cc(F)c(NN)cc21. The Hall–Kier alpha value is -2.45. The van der Waals surface area contributed by atoms with Crippen molar-refractivity contribution in [1.82, 2.24) is 9.99 Å². The average molecular weight is 293 g/mol. The Morgan fingerprint density at radius 3 is 2.67 bits per heavy atom. The Bertz CT molecular complexity index is 756. The maximum atomic E-state index is 13.8. The summed E-state index contributed by atoms with van der Waals surface area (Å²) in [7, 11) is 0. The molecule has 0 aliphatic rings. The van der Waals surface area contributed by atoms with E-state index in [1.54, 1.807) is 4.57 Å². The largest absolute Gasteiger partial charge is 0.346 e. The topological polar surface area (TPSA) is 115 Å². The van der Waals surface area contributed by atoms with Crippen molar-refractivity contribution in [3.8, 4) is 0 Å². The summed E-state index contributed by atoms with van der Waals surface area (Å²) in [6.07, 6.45) is 2.18. The first-order valence-electron chi connectivity index (χ1n) is 6.37. The minimum Gasteiger partial charge on any atom is -0.346 e. The summed E-state index contributed by atoms with van der Waals surface area (Å²) in [5, 5.41) is 0.0982. The number of pyridine rings is 1. The highest BCUT2D eigenvalue weighted by Crippen LogP contribution is 2.21. The van der Waals surface area contributed by atoms with Crippen molar-refractivity contribution in [3.05, 3.63) is 39.9 Å². The first kappa shape index (κ1) is 14.9. The van der Waals surface area contributed by atoms with Gasteiger partial charge in [-0.3, -0.25) is 20.9 Å². The first-order chi connectivity index (χ1) is 10.0. The van der Waals surface area contributed by atoms with Crippen LogP contribution in [0.15, 0.2) is 23.1 Å². The van der Waals surface area contributed by atoms with Crippen LogP contribution in [0.4, 0.5) is 10.1 Å². The zero-order valence-corrected chi connectivity index (χ0v) is 11.4. The number of amides is 1. The van der Waals surface area contributed by atoms with Gasteiger partial charge in [0.05, 0.1) is 11.2 Å². The van der Waals surface area contributed by atoms with Crippen LogP contribution in [-0.2, 0) is 6.54 Å². The Labute approximate surface area is 119 Å². The third-order valence-electron chi connectivity index (χ3n) is 3.16. The van der Waals surface area contributed by atoms with Gasteiger partial charge in [-0.1, -0.05) is 6.92 Å². The highest BCUT2D eigenvalue weighted by atomic mass is 19.1. The Morgan fingerprint density at radius 2 is 2.10 bits per heavy atom. The second kappa shape index (κ2) is 5.90. The van der Waals surface area contributed by atoms with E-state index in [2.05, 4.69) is 5.43 Å². The zero-order chi connectivity index (χ0) is 15.6. The van der Waals surface area contributed by atoms with E-state index in [4.69, 9.17) is 11.7 Å². The number of carbonyl (C=O) groups excluding carboxylic acids is 1. The molecular weight excluding hydrogens is 277 g/mol. The molecule has 21 heavy (non-hydrogen) atoms. The molecule has 0 bridgehead atoms. The molecule has 0 unspecified atom stereocenters. The number of nitrogen functional groups attached to an aromatic ring is 2. The van der Waals surface area contributed by atoms with E-state index in [1.807, 2.05) is 12.3 Å². The second-order valence-electron chi connectivity index (χ2n) is 4.53. The predicted octanol–water partition coefficient (Wildman–Crippen LogP) is 0.440. The summed E-state index contributed by atoms with van der Waals surface area (Å²) in [6, 6.07) is 2.50. The lowest BCUT2D eigenvalue weighted by Crippen LogP contribution is -2.34. The van der Waals surface area contributed by atoms with E-state index >= 15 is 0 Å². The summed E-state index contributed by atoms with van der Waals surface area (Å²) in [5.74, 6) is 8.93. The van der Waals surface area contributed by atoms with Crippen molar-refractivity contribution in [2.24, 2.45) is 11.7 Å². The minimum absolute atomic E-state index is 0.0720. The van der Waals surface area contributed by atoms with Crippen LogP contribution in [0.2, 0.25) is 0 Å². The van der Waals surface area contributed by atoms with Crippen molar-refractivity contribution in [2.75, 3.05) is 5.43 Å². The summed E-state index contributed by atoms with van der Waals surface area (Å²) in [5.41, 5.74) is 4.00. The molecule has 1 aromatic carbocycles. The van der Waals surface area contributed by atoms with Gasteiger partial charge in [-0.25, -0.2) is 10.2 Å². The highest BCUT2D eigenvalue weighted by molar-refractivity contribution is 5.97. The Balaban J connectivity index is 2.86. The fourth-order valence-corrected chi connectivity index (χ4v) is 2.19. The molecule has 0 atom stereocenters. The summed E-state index contributed by atoms with van der Waals surface area (Å²) < 4.78 is 15.5. The molecule has 0 saturated carbocycles. The normalized spacial score (nSPS) is 10.7. The fraction of sp³-hybridized carbons (Fsp3) is 0.231. The number of aryl methyl sites for hydroxylation is 1. The fourth-order valence-electron chi connectivity index (χ4n) is 2.19. The third kappa shape index (κ3) is 2.58. The number of nitrogens with zero attached hydrogens (tertiary/aromatic N) is 1. The number of nitrogens with one attached hydrogen (secondary N) is 2. The molecule has 7 nitrogen and oxygen atoms in total. The van der Waals surface area contributed by atoms with Crippen molar-refractivity contribution in [3.63, 3.8) is 0 Å². The monoisotopic (exact) mass is 293 g/mol. The van der Waals surface area contributed by atoms with E-state index in [-0.39, 0.29) is 16.6 Å². The van der Waals surface area contributed by atoms with Crippen LogP contribution in [0.3, 0.4) is 0 Å². The Kier molecular flexibility index (Phi) is 4.20. The number of hydrogen-bond acceptors (Lipinski definition) is 5. The van der Waals surface area contributed by atoms with Gasteiger partial charge in [-0.2, -0.15) is 0 Å². The number of carbonyl (C=O) groups is 1. The first-order valence-corrected chi connectivity index (χ1v) is 6.37. The summed E-state index contributed by atoms with van der Waals surface area (Å²) >= 11 is 0. The van der Waals surface area contributed by atoms with Crippen molar-refractivity contribution in [1.29, 1.82) is 0 Å². The van der Waals surface area contributed by atoms with Crippen LogP contribution >= 0.6 is 0 Å². The van der Waals surface area contributed by atoms with Crippen LogP contribution in [0.25, 0.3) is 10.9 Å². The van der Waals surface area contributed by atoms with Gasteiger partial charge in [0, 0.05) is 18.1 Å². The van der Waals surface area contributed by atoms with Gasteiger partial charge in [-0.05, 0) is 18.6 Å². The summed E-state index contributed by atoms with van der Waals surface area (Å²) in [6.45, 7) is 2.50. The lowest BCUT2D eigenvalue weighted by Gasteiger charge is -2.13. The predicted molar refractivity (Wildman–Crippen MR) is 77.9 cm³/mol. The lowest BCUT2D eigenvalue weighted by molar-refractivity contribution is 0.0952. The standard InChI is InChI=1S/C13H16FN5O2/c1-2-3-19-6-8(13(21)18-16)12(20)7-4-9(14)10(17-15)5-11(7)19/h4-6,17H,2-3,15-16H2,1H3,(H,18,21). The highest BCUT2D eigenvalue weighted by Gasteiger charge is 2.16. The number of fused-ring (bicyclic) bond motifs is 1. The number of nitrogens with two attached hydrogens (primary N) is 2. The molecule has 0 aliphatic heterocycles. The number of hydrazine groups is 2. The molecule has 0 radical (unpaired) electrons. The average Bonchev–Trinajstić information content (AvgIpc) is 2.49. The molecule has 1 heterocycles. The molecule has 0 spiro atoms. The number of anilines is 1. The second-order valence-corrected chi connectivity index (χ2v) is 4.53. The molecule has 1 aromatic heterocycles. The quantitative estimate of drug-likeness (QED) is 0.371. The number of halogens is 1. The van der Waals surface area contributed by atoms with Crippen LogP contribution in [-0.4, -0.2) is 10.5 Å². The van der Waals surface area contributed by atoms with Gasteiger partial charge in [0.2, 0.25) is 5.43 Å². The molecular formula is C13H16FN5O2. The molecule has 0 fully saturated rings. The van der Waals surface area contributed by atoms with Gasteiger partial charge in [0.1, 0.15) is 11.4 Å². The van der Waals surface area contributed by atoms with Crippen LogP contribution in [0.1, 0.15) is 23.7 Å². The maximum Gasteiger partial charge on any atom is 0.270 e. The zero-order valence-electron chi connectivity index (χ0n) is 11.4. The van der Waals surface area contributed by atoms with Gasteiger partial charge >= 0.3 is 0 Å². The molecule has 2 aromatic rings. The van der Waals surface area contributed by atoms with E-state index in [0.29, 0.717) is 12.1 Å². The number of benzene rings is 1. The number of hydrogen-bond donors (Lipinski definition) is 4. The molecule has 6 N–H and O–H groups in total. The van der Waals surface area contributed by atoms with Crippen molar-refractivity contribution in [2.45, 2.75) is 19.9 Å². The lowest BCUT2D eigenvalue weighted by atomic mass is 10.1. The van der Waals surface area contributed by atoms with E-state index < -0.39 is 17.2 Å². The van der Waals surface area contributed by atoms with Gasteiger partial charge in [0.25, 0.3) is 5.91 Å². The van der Waals surface area contributed by atoms with Crippen LogP contribution in [0, 0.1) is 5.82 Å². The van der Waals surface area contributed by atoms with E-state index in [1.165, 1.54) is 12.3 Å². The number of rotatable bonds is 4. The molecule has 0 aliphatic carbocycles.